The Morgan fingerprint density at radius 1 is 1.29 bits per heavy atom. The lowest BCUT2D eigenvalue weighted by molar-refractivity contribution is -0.151. The highest BCUT2D eigenvalue weighted by Gasteiger charge is 2.78. The summed E-state index contributed by atoms with van der Waals surface area (Å²) in [6.45, 7) is 18.3. The van der Waals surface area contributed by atoms with E-state index in [0.717, 1.165) is 6.42 Å². The van der Waals surface area contributed by atoms with Gasteiger partial charge in [-0.05, 0) is 51.9 Å². The summed E-state index contributed by atoms with van der Waals surface area (Å²) in [6, 6.07) is -1.34. The van der Waals surface area contributed by atoms with Crippen molar-refractivity contribution in [3.05, 3.63) is 12.7 Å². The highest BCUT2D eigenvalue weighted by atomic mass is 32.2. The minimum atomic E-state index is -0.976. The SMILES string of the molecule is C=CCN(C(=O)C1N([C@@H](CC)CO)C(=O)[C@@H]2[C@@H](C(=O)O)[C@@]3(C)CCC12S3)C(C)(C)CC(C)(C)C. The normalized spacial score (nSPS) is 33.7. The van der Waals surface area contributed by atoms with Crippen LogP contribution in [0.5, 0.6) is 0 Å². The number of aliphatic carboxylic acids is 1. The topological polar surface area (TPSA) is 98.2 Å². The fourth-order valence-corrected chi connectivity index (χ4v) is 9.46. The van der Waals surface area contributed by atoms with Crippen LogP contribution in [-0.2, 0) is 14.4 Å². The highest BCUT2D eigenvalue weighted by Crippen LogP contribution is 2.71. The van der Waals surface area contributed by atoms with Crippen LogP contribution in [0.3, 0.4) is 0 Å². The van der Waals surface area contributed by atoms with E-state index < -0.39 is 44.9 Å². The molecule has 8 heteroatoms. The zero-order valence-electron chi connectivity index (χ0n) is 21.8. The molecule has 3 heterocycles. The number of hydrogen-bond donors (Lipinski definition) is 2. The van der Waals surface area contributed by atoms with Gasteiger partial charge in [0.05, 0.1) is 29.2 Å². The average molecular weight is 495 g/mol. The Hall–Kier alpha value is -1.54. The molecule has 2 unspecified atom stereocenters. The molecule has 7 nitrogen and oxygen atoms in total. The first-order valence-corrected chi connectivity index (χ1v) is 13.2. The van der Waals surface area contributed by atoms with Crippen LogP contribution in [0, 0.1) is 17.3 Å². The summed E-state index contributed by atoms with van der Waals surface area (Å²) in [6.07, 6.45) is 4.21. The first-order valence-electron chi connectivity index (χ1n) is 12.4. The fourth-order valence-electron chi connectivity index (χ4n) is 7.13. The number of hydrogen-bond acceptors (Lipinski definition) is 5. The quantitative estimate of drug-likeness (QED) is 0.476. The van der Waals surface area contributed by atoms with Crippen molar-refractivity contribution in [2.24, 2.45) is 17.3 Å². The van der Waals surface area contributed by atoms with Crippen LogP contribution in [0.25, 0.3) is 0 Å². The molecule has 3 rings (SSSR count). The van der Waals surface area contributed by atoms with Crippen molar-refractivity contribution in [2.45, 2.75) is 101 Å². The van der Waals surface area contributed by atoms with Gasteiger partial charge >= 0.3 is 5.97 Å². The van der Waals surface area contributed by atoms with Gasteiger partial charge in [0.25, 0.3) is 0 Å². The second-order valence-electron chi connectivity index (χ2n) is 12.3. The zero-order chi connectivity index (χ0) is 25.9. The maximum absolute atomic E-state index is 14.5. The van der Waals surface area contributed by atoms with Crippen LogP contribution in [0.4, 0.5) is 0 Å². The minimum absolute atomic E-state index is 0.0330. The van der Waals surface area contributed by atoms with Crippen molar-refractivity contribution in [3.8, 4) is 0 Å². The van der Waals surface area contributed by atoms with Gasteiger partial charge in [0.15, 0.2) is 0 Å². The summed E-state index contributed by atoms with van der Waals surface area (Å²) < 4.78 is -1.38. The Kier molecular flexibility index (Phi) is 7.03. The third-order valence-electron chi connectivity index (χ3n) is 8.06. The summed E-state index contributed by atoms with van der Waals surface area (Å²) in [5, 5.41) is 20.3. The summed E-state index contributed by atoms with van der Waals surface area (Å²) >= 11 is 1.53. The molecule has 2 N–H and O–H groups in total. The van der Waals surface area contributed by atoms with E-state index in [1.807, 2.05) is 32.6 Å². The lowest BCUT2D eigenvalue weighted by Crippen LogP contribution is -2.61. The molecule has 6 atom stereocenters. The second kappa shape index (κ2) is 8.84. The van der Waals surface area contributed by atoms with Crippen LogP contribution in [0.15, 0.2) is 12.7 Å². The minimum Gasteiger partial charge on any atom is -0.481 e. The number of carbonyl (C=O) groups is 3. The van der Waals surface area contributed by atoms with Crippen molar-refractivity contribution >= 4 is 29.5 Å². The highest BCUT2D eigenvalue weighted by molar-refractivity contribution is 8.02. The molecule has 2 amide bonds. The lowest BCUT2D eigenvalue weighted by Gasteiger charge is -2.46. The van der Waals surface area contributed by atoms with E-state index >= 15 is 0 Å². The number of rotatable bonds is 9. The number of amides is 2. The third kappa shape index (κ3) is 4.08. The van der Waals surface area contributed by atoms with Gasteiger partial charge in [-0.1, -0.05) is 33.8 Å². The van der Waals surface area contributed by atoms with Crippen molar-refractivity contribution in [1.29, 1.82) is 0 Å². The molecule has 3 aliphatic heterocycles. The van der Waals surface area contributed by atoms with Gasteiger partial charge in [-0.2, -0.15) is 0 Å². The molecule has 192 valence electrons. The smallest absolute Gasteiger partial charge is 0.308 e. The first-order chi connectivity index (χ1) is 15.6. The van der Waals surface area contributed by atoms with Crippen molar-refractivity contribution in [3.63, 3.8) is 0 Å². The Bertz CT molecular complexity index is 864. The van der Waals surface area contributed by atoms with E-state index in [2.05, 4.69) is 27.4 Å². The number of aliphatic hydroxyl groups is 1. The summed E-state index contributed by atoms with van der Waals surface area (Å²) in [4.78, 5) is 44.2. The van der Waals surface area contributed by atoms with E-state index in [-0.39, 0.29) is 23.8 Å². The zero-order valence-corrected chi connectivity index (χ0v) is 22.6. The number of aliphatic hydroxyl groups excluding tert-OH is 1. The number of thioether (sulfide) groups is 1. The molecular formula is C26H42N2O5S. The van der Waals surface area contributed by atoms with Gasteiger partial charge in [-0.25, -0.2) is 0 Å². The molecule has 3 fully saturated rings. The van der Waals surface area contributed by atoms with Crippen LogP contribution < -0.4 is 0 Å². The number of carboxylic acid groups (broad SMARTS) is 1. The van der Waals surface area contributed by atoms with E-state index in [1.54, 1.807) is 11.0 Å². The number of carbonyl (C=O) groups excluding carboxylic acids is 2. The number of likely N-dealkylation sites (tertiary alicyclic amines) is 1. The van der Waals surface area contributed by atoms with Crippen LogP contribution in [-0.4, -0.2) is 78.1 Å². The number of fused-ring (bicyclic) bond motifs is 1. The molecule has 3 aliphatic rings. The van der Waals surface area contributed by atoms with Gasteiger partial charge in [0.2, 0.25) is 11.8 Å². The molecule has 0 aromatic heterocycles. The summed E-state index contributed by atoms with van der Waals surface area (Å²) in [5.41, 5.74) is -0.542. The molecule has 0 aromatic carbocycles. The molecular weight excluding hydrogens is 452 g/mol. The standard InChI is InChI=1S/C26H42N2O5S/c1-9-13-27(24(6,7)15-23(3,4)5)21(31)19-26-12-11-25(8,34-26)18(22(32)33)17(26)20(30)28(19)16(10-2)14-29/h9,16-19,29H,1,10-15H2,2-8H3,(H,32,33)/t16-,17-,18-,19?,25+,26?/m0/s1. The van der Waals surface area contributed by atoms with Crippen LogP contribution in [0.1, 0.15) is 74.1 Å². The molecule has 0 aromatic rings. The van der Waals surface area contributed by atoms with Gasteiger partial charge in [-0.15, -0.1) is 18.3 Å². The van der Waals surface area contributed by atoms with Gasteiger partial charge < -0.3 is 20.0 Å². The van der Waals surface area contributed by atoms with Crippen molar-refractivity contribution < 1.29 is 24.6 Å². The second-order valence-corrected chi connectivity index (χ2v) is 14.2. The van der Waals surface area contributed by atoms with E-state index in [4.69, 9.17) is 0 Å². The number of nitrogens with zero attached hydrogens (tertiary/aromatic N) is 2. The predicted molar refractivity (Wildman–Crippen MR) is 134 cm³/mol. The molecule has 3 saturated heterocycles. The lowest BCUT2D eigenvalue weighted by atomic mass is 9.66. The van der Waals surface area contributed by atoms with Crippen molar-refractivity contribution in [2.75, 3.05) is 13.2 Å². The Balaban J connectivity index is 2.15. The molecule has 34 heavy (non-hydrogen) atoms. The third-order valence-corrected chi connectivity index (χ3v) is 10.0. The Labute approximate surface area is 208 Å². The van der Waals surface area contributed by atoms with Gasteiger partial charge in [-0.3, -0.25) is 14.4 Å². The largest absolute Gasteiger partial charge is 0.481 e. The molecule has 2 bridgehead atoms. The monoisotopic (exact) mass is 494 g/mol. The number of carboxylic acids is 1. The molecule has 0 saturated carbocycles. The fraction of sp³-hybridized carbons (Fsp3) is 0.808. The first kappa shape index (κ1) is 27.1. The van der Waals surface area contributed by atoms with Crippen LogP contribution in [0.2, 0.25) is 0 Å². The molecule has 0 radical (unpaired) electrons. The van der Waals surface area contributed by atoms with E-state index in [1.165, 1.54) is 11.8 Å². The molecule has 0 aliphatic carbocycles. The van der Waals surface area contributed by atoms with Gasteiger partial charge in [0, 0.05) is 16.8 Å². The van der Waals surface area contributed by atoms with E-state index in [0.29, 0.717) is 25.8 Å². The Morgan fingerprint density at radius 2 is 1.91 bits per heavy atom. The van der Waals surface area contributed by atoms with Gasteiger partial charge in [0.1, 0.15) is 6.04 Å². The predicted octanol–water partition coefficient (Wildman–Crippen LogP) is 3.55. The van der Waals surface area contributed by atoms with Crippen molar-refractivity contribution in [1.82, 2.24) is 9.80 Å². The summed E-state index contributed by atoms with van der Waals surface area (Å²) in [5.74, 6) is -3.05. The van der Waals surface area contributed by atoms with Crippen LogP contribution >= 0.6 is 11.8 Å². The average Bonchev–Trinajstić information content (AvgIpc) is 3.26. The summed E-state index contributed by atoms with van der Waals surface area (Å²) in [7, 11) is 0. The Morgan fingerprint density at radius 3 is 2.38 bits per heavy atom. The maximum atomic E-state index is 14.5. The molecule has 1 spiro atoms. The van der Waals surface area contributed by atoms with E-state index in [9.17, 15) is 24.6 Å². The maximum Gasteiger partial charge on any atom is 0.308 e.